The van der Waals surface area contributed by atoms with E-state index in [1.54, 1.807) is 13.8 Å². The minimum Gasteiger partial charge on any atom is -0.460 e. The third-order valence-corrected chi connectivity index (χ3v) is 2.73. The second-order valence-electron chi connectivity index (χ2n) is 4.66. The average molecular weight is 274 g/mol. The summed E-state index contributed by atoms with van der Waals surface area (Å²) in [5.41, 5.74) is 3.66. The zero-order valence-electron chi connectivity index (χ0n) is 12.1. The molecule has 2 aromatic rings. The van der Waals surface area contributed by atoms with Crippen molar-refractivity contribution in [2.45, 2.75) is 27.7 Å². The van der Waals surface area contributed by atoms with Crippen LogP contribution in [0, 0.1) is 20.8 Å². The van der Waals surface area contributed by atoms with Gasteiger partial charge in [-0.25, -0.2) is 4.79 Å². The third-order valence-electron chi connectivity index (χ3n) is 2.73. The van der Waals surface area contributed by atoms with Gasteiger partial charge < -0.3 is 14.5 Å². The van der Waals surface area contributed by atoms with E-state index in [4.69, 9.17) is 9.15 Å². The molecular weight excluding hydrogens is 256 g/mol. The predicted octanol–water partition coefficient (Wildman–Crippen LogP) is 3.52. The molecule has 0 bridgehead atoms. The van der Waals surface area contributed by atoms with Gasteiger partial charge in [-0.3, -0.25) is 0 Å². The van der Waals surface area contributed by atoms with E-state index in [2.05, 4.69) is 16.4 Å². The zero-order chi connectivity index (χ0) is 14.7. The van der Waals surface area contributed by atoms with Crippen molar-refractivity contribution in [3.63, 3.8) is 0 Å². The molecule has 1 aromatic heterocycles. The molecule has 0 unspecified atom stereocenters. The molecule has 1 heterocycles. The first kappa shape index (κ1) is 14.1. The molecule has 106 valence electrons. The van der Waals surface area contributed by atoms with Crippen molar-refractivity contribution in [2.75, 3.05) is 11.9 Å². The lowest BCUT2D eigenvalue weighted by molar-refractivity contribution is 0.0490. The summed E-state index contributed by atoms with van der Waals surface area (Å²) in [4.78, 5) is 15.8. The highest BCUT2D eigenvalue weighted by molar-refractivity contribution is 5.87. The van der Waals surface area contributed by atoms with Gasteiger partial charge in [-0.2, -0.15) is 4.98 Å². The van der Waals surface area contributed by atoms with Crippen molar-refractivity contribution < 1.29 is 13.9 Å². The molecule has 0 fully saturated rings. The van der Waals surface area contributed by atoms with E-state index < -0.39 is 5.97 Å². The summed E-state index contributed by atoms with van der Waals surface area (Å²) in [6.45, 7) is 7.80. The highest BCUT2D eigenvalue weighted by Gasteiger charge is 2.18. The number of rotatable bonds is 4. The number of nitrogens with one attached hydrogen (secondary N) is 1. The van der Waals surface area contributed by atoms with Gasteiger partial charge in [-0.15, -0.1) is 0 Å². The predicted molar refractivity (Wildman–Crippen MR) is 76.4 cm³/mol. The monoisotopic (exact) mass is 274 g/mol. The van der Waals surface area contributed by atoms with E-state index in [1.165, 1.54) is 0 Å². The molecule has 0 saturated carbocycles. The van der Waals surface area contributed by atoms with E-state index in [0.29, 0.717) is 12.3 Å². The van der Waals surface area contributed by atoms with Crippen LogP contribution in [0.1, 0.15) is 34.3 Å². The minimum atomic E-state index is -0.494. The van der Waals surface area contributed by atoms with Crippen molar-refractivity contribution in [1.82, 2.24) is 4.98 Å². The van der Waals surface area contributed by atoms with Gasteiger partial charge in [0.1, 0.15) is 0 Å². The maximum absolute atomic E-state index is 11.7. The van der Waals surface area contributed by atoms with Crippen LogP contribution >= 0.6 is 0 Å². The van der Waals surface area contributed by atoms with Crippen LogP contribution < -0.4 is 5.32 Å². The lowest BCUT2D eigenvalue weighted by Crippen LogP contribution is -2.04. The first-order chi connectivity index (χ1) is 9.49. The Labute approximate surface area is 118 Å². The Kier molecular flexibility index (Phi) is 4.08. The van der Waals surface area contributed by atoms with Crippen LogP contribution in [0.25, 0.3) is 0 Å². The molecule has 0 aliphatic carbocycles. The Balaban J connectivity index is 2.22. The van der Waals surface area contributed by atoms with Crippen molar-refractivity contribution in [3.05, 3.63) is 40.8 Å². The summed E-state index contributed by atoms with van der Waals surface area (Å²) in [7, 11) is 0. The highest BCUT2D eigenvalue weighted by Crippen LogP contribution is 2.21. The molecule has 0 saturated heterocycles. The SMILES string of the molecule is CCOC(=O)c1oc(Nc2cc(C)cc(C)c2)nc1C. The number of esters is 1. The van der Waals surface area contributed by atoms with E-state index in [-0.39, 0.29) is 11.8 Å². The number of oxazole rings is 1. The van der Waals surface area contributed by atoms with Crippen LogP contribution in [0.15, 0.2) is 22.6 Å². The zero-order valence-corrected chi connectivity index (χ0v) is 12.1. The number of anilines is 2. The molecule has 0 aliphatic heterocycles. The van der Waals surface area contributed by atoms with Crippen LogP contribution in [0.2, 0.25) is 0 Å². The van der Waals surface area contributed by atoms with Gasteiger partial charge >= 0.3 is 5.97 Å². The normalized spacial score (nSPS) is 10.4. The summed E-state index contributed by atoms with van der Waals surface area (Å²) in [5, 5.41) is 3.06. The quantitative estimate of drug-likeness (QED) is 0.864. The number of nitrogens with zero attached hydrogens (tertiary/aromatic N) is 1. The maximum atomic E-state index is 11.7. The summed E-state index contributed by atoms with van der Waals surface area (Å²) in [6, 6.07) is 6.33. The van der Waals surface area contributed by atoms with E-state index in [1.807, 2.05) is 26.0 Å². The van der Waals surface area contributed by atoms with Crippen molar-refractivity contribution in [2.24, 2.45) is 0 Å². The Hall–Kier alpha value is -2.30. The van der Waals surface area contributed by atoms with Crippen LogP contribution in [0.3, 0.4) is 0 Å². The second-order valence-corrected chi connectivity index (χ2v) is 4.66. The number of aryl methyl sites for hydroxylation is 3. The van der Waals surface area contributed by atoms with Crippen molar-refractivity contribution in [3.8, 4) is 0 Å². The number of ether oxygens (including phenoxy) is 1. The number of hydrogen-bond donors (Lipinski definition) is 1. The van der Waals surface area contributed by atoms with Crippen LogP contribution in [-0.4, -0.2) is 17.6 Å². The standard InChI is InChI=1S/C15H18N2O3/c1-5-19-14(18)13-11(4)16-15(20-13)17-12-7-9(2)6-10(3)8-12/h6-8H,5H2,1-4H3,(H,16,17). The van der Waals surface area contributed by atoms with Crippen LogP contribution in [0.5, 0.6) is 0 Å². The van der Waals surface area contributed by atoms with E-state index in [9.17, 15) is 4.79 Å². The van der Waals surface area contributed by atoms with Gasteiger partial charge in [-0.1, -0.05) is 6.07 Å². The topological polar surface area (TPSA) is 64.4 Å². The van der Waals surface area contributed by atoms with Crippen molar-refractivity contribution in [1.29, 1.82) is 0 Å². The first-order valence-electron chi connectivity index (χ1n) is 6.49. The number of benzene rings is 1. The van der Waals surface area contributed by atoms with Gasteiger partial charge in [0.05, 0.1) is 12.3 Å². The summed E-state index contributed by atoms with van der Waals surface area (Å²) < 4.78 is 10.3. The molecule has 1 aromatic carbocycles. The van der Waals surface area contributed by atoms with Gasteiger partial charge in [0.2, 0.25) is 5.76 Å². The Morgan fingerprint density at radius 2 is 1.90 bits per heavy atom. The second kappa shape index (κ2) is 5.77. The van der Waals surface area contributed by atoms with Gasteiger partial charge in [0.15, 0.2) is 0 Å². The molecule has 0 radical (unpaired) electrons. The minimum absolute atomic E-state index is 0.138. The average Bonchev–Trinajstić information content (AvgIpc) is 2.69. The summed E-state index contributed by atoms with van der Waals surface area (Å²) in [6.07, 6.45) is 0. The highest BCUT2D eigenvalue weighted by atomic mass is 16.5. The van der Waals surface area contributed by atoms with Crippen molar-refractivity contribution >= 4 is 17.7 Å². The number of aromatic nitrogens is 1. The lowest BCUT2D eigenvalue weighted by Gasteiger charge is -2.04. The first-order valence-corrected chi connectivity index (χ1v) is 6.49. The lowest BCUT2D eigenvalue weighted by atomic mass is 10.1. The molecule has 0 aliphatic rings. The van der Waals surface area contributed by atoms with E-state index >= 15 is 0 Å². The van der Waals surface area contributed by atoms with Gasteiger partial charge in [0, 0.05) is 5.69 Å². The third kappa shape index (κ3) is 3.17. The van der Waals surface area contributed by atoms with Gasteiger partial charge in [0.25, 0.3) is 6.01 Å². The number of carbonyl (C=O) groups is 1. The smallest absolute Gasteiger partial charge is 0.376 e. The van der Waals surface area contributed by atoms with Gasteiger partial charge in [-0.05, 0) is 51.0 Å². The number of carbonyl (C=O) groups excluding carboxylic acids is 1. The molecule has 0 spiro atoms. The molecular formula is C15H18N2O3. The fraction of sp³-hybridized carbons (Fsp3) is 0.333. The molecule has 0 atom stereocenters. The molecule has 2 rings (SSSR count). The Morgan fingerprint density at radius 1 is 1.25 bits per heavy atom. The van der Waals surface area contributed by atoms with Crippen LogP contribution in [-0.2, 0) is 4.74 Å². The fourth-order valence-corrected chi connectivity index (χ4v) is 2.01. The maximum Gasteiger partial charge on any atom is 0.376 e. The Morgan fingerprint density at radius 3 is 2.50 bits per heavy atom. The molecule has 1 N–H and O–H groups in total. The number of hydrogen-bond acceptors (Lipinski definition) is 5. The molecule has 5 nitrogen and oxygen atoms in total. The molecule has 5 heteroatoms. The van der Waals surface area contributed by atoms with E-state index in [0.717, 1.165) is 16.8 Å². The summed E-state index contributed by atoms with van der Waals surface area (Å²) >= 11 is 0. The fourth-order valence-electron chi connectivity index (χ4n) is 2.01. The summed E-state index contributed by atoms with van der Waals surface area (Å²) in [5.74, 6) is -0.357. The molecule has 20 heavy (non-hydrogen) atoms. The molecule has 0 amide bonds. The Bertz CT molecular complexity index is 612. The largest absolute Gasteiger partial charge is 0.460 e. The van der Waals surface area contributed by atoms with Crippen LogP contribution in [0.4, 0.5) is 11.7 Å².